The SMILES string of the molecule is CSc1ccccc1CN1CCC(CNC(=O)Cc2cccc3ccccc23)CC1. The van der Waals surface area contributed by atoms with Gasteiger partial charge in [0, 0.05) is 18.0 Å². The van der Waals surface area contributed by atoms with Gasteiger partial charge in [-0.25, -0.2) is 0 Å². The van der Waals surface area contributed by atoms with Crippen molar-refractivity contribution in [2.45, 2.75) is 30.7 Å². The number of amides is 1. The molecular weight excluding hydrogens is 388 g/mol. The van der Waals surface area contributed by atoms with Crippen molar-refractivity contribution in [3.8, 4) is 0 Å². The van der Waals surface area contributed by atoms with Crippen LogP contribution in [0.1, 0.15) is 24.0 Å². The first kappa shape index (κ1) is 21.0. The molecule has 0 aliphatic carbocycles. The Kier molecular flexibility index (Phi) is 7.08. The van der Waals surface area contributed by atoms with Crippen LogP contribution in [0.5, 0.6) is 0 Å². The lowest BCUT2D eigenvalue weighted by Gasteiger charge is -2.32. The summed E-state index contributed by atoms with van der Waals surface area (Å²) in [5, 5.41) is 5.56. The van der Waals surface area contributed by atoms with Gasteiger partial charge in [-0.3, -0.25) is 9.69 Å². The number of rotatable bonds is 7. The summed E-state index contributed by atoms with van der Waals surface area (Å²) in [4.78, 5) is 16.5. The van der Waals surface area contributed by atoms with Crippen LogP contribution >= 0.6 is 11.8 Å². The molecule has 0 radical (unpaired) electrons. The van der Waals surface area contributed by atoms with Crippen LogP contribution in [0.3, 0.4) is 0 Å². The third kappa shape index (κ3) is 5.24. The molecular formula is C26H30N2OS. The third-order valence-corrected chi connectivity index (χ3v) is 6.95. The second-order valence-electron chi connectivity index (χ2n) is 8.15. The number of hydrogen-bond acceptors (Lipinski definition) is 3. The fourth-order valence-electron chi connectivity index (χ4n) is 4.36. The Balaban J connectivity index is 1.24. The molecule has 1 aliphatic rings. The number of thioether (sulfide) groups is 1. The standard InChI is InChI=1S/C26H30N2OS/c1-30-25-12-5-3-8-23(25)19-28-15-13-20(14-16-28)18-27-26(29)17-22-10-6-9-21-7-2-4-11-24(21)22/h2-12,20H,13-19H2,1H3,(H,27,29). The fraction of sp³-hybridized carbons (Fsp3) is 0.346. The second-order valence-corrected chi connectivity index (χ2v) is 9.00. The Morgan fingerprint density at radius 1 is 0.967 bits per heavy atom. The Bertz CT molecular complexity index is 990. The van der Waals surface area contributed by atoms with Crippen LogP contribution < -0.4 is 5.32 Å². The van der Waals surface area contributed by atoms with Gasteiger partial charge in [0.15, 0.2) is 0 Å². The fourth-order valence-corrected chi connectivity index (χ4v) is 4.97. The predicted octanol–water partition coefficient (Wildman–Crippen LogP) is 5.13. The quantitative estimate of drug-likeness (QED) is 0.540. The predicted molar refractivity (Wildman–Crippen MR) is 127 cm³/mol. The van der Waals surface area contributed by atoms with Crippen LogP contribution in [0.4, 0.5) is 0 Å². The van der Waals surface area contributed by atoms with Gasteiger partial charge >= 0.3 is 0 Å². The zero-order valence-corrected chi connectivity index (χ0v) is 18.5. The zero-order chi connectivity index (χ0) is 20.8. The highest BCUT2D eigenvalue weighted by atomic mass is 32.2. The van der Waals surface area contributed by atoms with Crippen LogP contribution in [-0.4, -0.2) is 36.7 Å². The molecule has 4 heteroatoms. The number of likely N-dealkylation sites (tertiary alicyclic amines) is 1. The summed E-state index contributed by atoms with van der Waals surface area (Å²) in [6.07, 6.45) is 4.89. The highest BCUT2D eigenvalue weighted by Gasteiger charge is 2.20. The van der Waals surface area contributed by atoms with Crippen LogP contribution in [0, 0.1) is 5.92 Å². The van der Waals surface area contributed by atoms with E-state index in [9.17, 15) is 4.79 Å². The van der Waals surface area contributed by atoms with Crippen LogP contribution in [-0.2, 0) is 17.8 Å². The van der Waals surface area contributed by atoms with Gasteiger partial charge in [-0.05, 0) is 66.1 Å². The lowest BCUT2D eigenvalue weighted by molar-refractivity contribution is -0.120. The Morgan fingerprint density at radius 3 is 2.50 bits per heavy atom. The maximum atomic E-state index is 12.6. The Labute approximate surface area is 183 Å². The van der Waals surface area contributed by atoms with Crippen molar-refractivity contribution in [3.05, 3.63) is 77.9 Å². The van der Waals surface area contributed by atoms with E-state index in [4.69, 9.17) is 0 Å². The minimum absolute atomic E-state index is 0.127. The van der Waals surface area contributed by atoms with Crippen molar-refractivity contribution >= 4 is 28.4 Å². The molecule has 0 spiro atoms. The monoisotopic (exact) mass is 418 g/mol. The molecule has 1 amide bonds. The molecule has 0 saturated carbocycles. The van der Waals surface area contributed by atoms with Gasteiger partial charge < -0.3 is 5.32 Å². The number of nitrogens with one attached hydrogen (secondary N) is 1. The molecule has 3 aromatic rings. The topological polar surface area (TPSA) is 32.3 Å². The number of hydrogen-bond donors (Lipinski definition) is 1. The van der Waals surface area contributed by atoms with E-state index in [1.54, 1.807) is 0 Å². The van der Waals surface area contributed by atoms with Crippen molar-refractivity contribution < 1.29 is 4.79 Å². The van der Waals surface area contributed by atoms with E-state index in [1.165, 1.54) is 21.2 Å². The maximum Gasteiger partial charge on any atom is 0.224 e. The number of piperidine rings is 1. The van der Waals surface area contributed by atoms with Gasteiger partial charge in [-0.2, -0.15) is 0 Å². The summed E-state index contributed by atoms with van der Waals surface area (Å²) in [6.45, 7) is 4.02. The first-order valence-corrected chi connectivity index (χ1v) is 12.0. The van der Waals surface area contributed by atoms with E-state index in [0.29, 0.717) is 12.3 Å². The summed E-state index contributed by atoms with van der Waals surface area (Å²) in [6, 6.07) is 23.2. The Morgan fingerprint density at radius 2 is 1.67 bits per heavy atom. The van der Waals surface area contributed by atoms with E-state index in [1.807, 2.05) is 30.0 Å². The van der Waals surface area contributed by atoms with Crippen molar-refractivity contribution in [2.24, 2.45) is 5.92 Å². The van der Waals surface area contributed by atoms with Gasteiger partial charge in [0.2, 0.25) is 5.91 Å². The van der Waals surface area contributed by atoms with Crippen molar-refractivity contribution in [3.63, 3.8) is 0 Å². The molecule has 3 nitrogen and oxygen atoms in total. The van der Waals surface area contributed by atoms with E-state index in [0.717, 1.165) is 44.6 Å². The smallest absolute Gasteiger partial charge is 0.224 e. The highest BCUT2D eigenvalue weighted by Crippen LogP contribution is 2.24. The molecule has 0 aromatic heterocycles. The van der Waals surface area contributed by atoms with Gasteiger partial charge in [0.05, 0.1) is 6.42 Å². The first-order valence-electron chi connectivity index (χ1n) is 10.8. The van der Waals surface area contributed by atoms with E-state index in [-0.39, 0.29) is 5.91 Å². The van der Waals surface area contributed by atoms with Gasteiger partial charge in [-0.15, -0.1) is 11.8 Å². The number of carbonyl (C=O) groups excluding carboxylic acids is 1. The van der Waals surface area contributed by atoms with Crippen LogP contribution in [0.15, 0.2) is 71.6 Å². The van der Waals surface area contributed by atoms with Crippen molar-refractivity contribution in [2.75, 3.05) is 25.9 Å². The summed E-state index contributed by atoms with van der Waals surface area (Å²) in [5.41, 5.74) is 2.53. The van der Waals surface area contributed by atoms with Crippen LogP contribution in [0.2, 0.25) is 0 Å². The normalized spacial score (nSPS) is 15.4. The van der Waals surface area contributed by atoms with Gasteiger partial charge in [-0.1, -0.05) is 60.7 Å². The van der Waals surface area contributed by atoms with Gasteiger partial charge in [0.1, 0.15) is 0 Å². The molecule has 30 heavy (non-hydrogen) atoms. The molecule has 3 aromatic carbocycles. The summed E-state index contributed by atoms with van der Waals surface area (Å²) >= 11 is 1.82. The molecule has 1 heterocycles. The number of fused-ring (bicyclic) bond motifs is 1. The number of carbonyl (C=O) groups is 1. The van der Waals surface area contributed by atoms with Gasteiger partial charge in [0.25, 0.3) is 0 Å². The summed E-state index contributed by atoms with van der Waals surface area (Å²) in [5.74, 6) is 0.705. The highest BCUT2D eigenvalue weighted by molar-refractivity contribution is 7.98. The third-order valence-electron chi connectivity index (χ3n) is 6.11. The summed E-state index contributed by atoms with van der Waals surface area (Å²) < 4.78 is 0. The van der Waals surface area contributed by atoms with E-state index >= 15 is 0 Å². The average molecular weight is 419 g/mol. The average Bonchev–Trinajstić information content (AvgIpc) is 2.79. The van der Waals surface area contributed by atoms with Crippen molar-refractivity contribution in [1.82, 2.24) is 10.2 Å². The Hall–Kier alpha value is -2.30. The van der Waals surface area contributed by atoms with Crippen molar-refractivity contribution in [1.29, 1.82) is 0 Å². The minimum Gasteiger partial charge on any atom is -0.356 e. The number of nitrogens with zero attached hydrogens (tertiary/aromatic N) is 1. The number of benzene rings is 3. The molecule has 1 aliphatic heterocycles. The summed E-state index contributed by atoms with van der Waals surface area (Å²) in [7, 11) is 0. The lowest BCUT2D eigenvalue weighted by Crippen LogP contribution is -2.38. The molecule has 1 fully saturated rings. The molecule has 0 bridgehead atoms. The lowest BCUT2D eigenvalue weighted by atomic mass is 9.96. The molecule has 0 atom stereocenters. The van der Waals surface area contributed by atoms with E-state index in [2.05, 4.69) is 65.0 Å². The molecule has 0 unspecified atom stereocenters. The van der Waals surface area contributed by atoms with E-state index < -0.39 is 0 Å². The first-order chi connectivity index (χ1) is 14.7. The maximum absolute atomic E-state index is 12.6. The molecule has 1 N–H and O–H groups in total. The molecule has 156 valence electrons. The molecule has 4 rings (SSSR count). The minimum atomic E-state index is 0.127. The second kappa shape index (κ2) is 10.1. The molecule has 1 saturated heterocycles. The van der Waals surface area contributed by atoms with Crippen LogP contribution in [0.25, 0.3) is 10.8 Å². The largest absolute Gasteiger partial charge is 0.356 e. The zero-order valence-electron chi connectivity index (χ0n) is 17.6.